The molecule has 2 aliphatic heterocycles. The van der Waals surface area contributed by atoms with E-state index in [0.29, 0.717) is 31.8 Å². The molecular weight excluding hydrogens is 252 g/mol. The first kappa shape index (κ1) is 13.8. The van der Waals surface area contributed by atoms with E-state index in [4.69, 9.17) is 5.73 Å². The van der Waals surface area contributed by atoms with Crippen LogP contribution in [0.1, 0.15) is 32.6 Å². The number of hydrogen-bond donors (Lipinski definition) is 1. The van der Waals surface area contributed by atoms with Crippen LogP contribution in [0.5, 0.6) is 0 Å². The van der Waals surface area contributed by atoms with Crippen molar-refractivity contribution in [2.24, 2.45) is 11.7 Å². The van der Waals surface area contributed by atoms with E-state index in [1.165, 1.54) is 0 Å². The lowest BCUT2D eigenvalue weighted by Gasteiger charge is -2.37. The maximum Gasteiger partial charge on any atom is 0.240 e. The minimum atomic E-state index is -3.24. The Bertz CT molecular complexity index is 411. The fourth-order valence-corrected chi connectivity index (χ4v) is 4.89. The molecule has 0 aromatic carbocycles. The van der Waals surface area contributed by atoms with Gasteiger partial charge in [-0.05, 0) is 25.2 Å². The molecule has 0 aromatic rings. The predicted octanol–water partition coefficient (Wildman–Crippen LogP) is 0.149. The Hall–Kier alpha value is -0.620. The molecular formula is C12H22N2O3S. The fourth-order valence-electron chi connectivity index (χ4n) is 3.02. The van der Waals surface area contributed by atoms with Gasteiger partial charge >= 0.3 is 0 Å². The largest absolute Gasteiger partial charge is 0.340 e. The first-order valence-corrected chi connectivity index (χ1v) is 8.37. The molecule has 0 spiro atoms. The summed E-state index contributed by atoms with van der Waals surface area (Å²) in [5.74, 6) is 0.277. The summed E-state index contributed by atoms with van der Waals surface area (Å²) in [5.41, 5.74) is 5.91. The van der Waals surface area contributed by atoms with Gasteiger partial charge in [-0.1, -0.05) is 13.3 Å². The molecule has 2 N–H and O–H groups in total. The summed E-state index contributed by atoms with van der Waals surface area (Å²) in [6.07, 6.45) is 2.88. The second kappa shape index (κ2) is 5.17. The van der Waals surface area contributed by atoms with Crippen molar-refractivity contribution in [3.05, 3.63) is 0 Å². The normalized spacial score (nSPS) is 36.3. The molecule has 1 amide bonds. The van der Waals surface area contributed by atoms with Crippen LogP contribution in [0.25, 0.3) is 0 Å². The van der Waals surface area contributed by atoms with Crippen molar-refractivity contribution < 1.29 is 13.2 Å². The molecule has 0 saturated carbocycles. The molecule has 2 saturated heterocycles. The summed E-state index contributed by atoms with van der Waals surface area (Å²) in [6, 6.07) is -0.0241. The molecule has 3 unspecified atom stereocenters. The third kappa shape index (κ3) is 2.85. The van der Waals surface area contributed by atoms with E-state index in [0.717, 1.165) is 12.8 Å². The number of amides is 1. The molecule has 18 heavy (non-hydrogen) atoms. The summed E-state index contributed by atoms with van der Waals surface area (Å²) in [7, 11) is -3.24. The average Bonchev–Trinajstić information content (AvgIpc) is 2.26. The van der Waals surface area contributed by atoms with Crippen molar-refractivity contribution in [3.8, 4) is 0 Å². The Morgan fingerprint density at radius 2 is 2.00 bits per heavy atom. The zero-order chi connectivity index (χ0) is 13.3. The highest BCUT2D eigenvalue weighted by molar-refractivity contribution is 7.92. The summed E-state index contributed by atoms with van der Waals surface area (Å²) in [6.45, 7) is 3.18. The van der Waals surface area contributed by atoms with Gasteiger partial charge in [0, 0.05) is 19.1 Å². The molecule has 0 aromatic heterocycles. The van der Waals surface area contributed by atoms with Crippen molar-refractivity contribution in [3.63, 3.8) is 0 Å². The van der Waals surface area contributed by atoms with Crippen molar-refractivity contribution in [2.75, 3.05) is 18.8 Å². The highest BCUT2D eigenvalue weighted by Crippen LogP contribution is 2.24. The molecule has 6 heteroatoms. The molecule has 0 radical (unpaired) electrons. The number of rotatable bonds is 1. The topological polar surface area (TPSA) is 80.5 Å². The fraction of sp³-hybridized carbons (Fsp3) is 0.917. The van der Waals surface area contributed by atoms with Gasteiger partial charge in [-0.3, -0.25) is 4.79 Å². The molecule has 2 fully saturated rings. The van der Waals surface area contributed by atoms with Crippen LogP contribution in [-0.4, -0.2) is 49.4 Å². The molecule has 3 atom stereocenters. The highest BCUT2D eigenvalue weighted by atomic mass is 32.2. The zero-order valence-electron chi connectivity index (χ0n) is 10.8. The molecule has 2 aliphatic rings. The number of piperidine rings is 1. The van der Waals surface area contributed by atoms with E-state index >= 15 is 0 Å². The second-order valence-electron chi connectivity index (χ2n) is 5.70. The van der Waals surface area contributed by atoms with E-state index in [-0.39, 0.29) is 17.7 Å². The minimum absolute atomic E-state index is 0.0241. The van der Waals surface area contributed by atoms with E-state index in [1.54, 1.807) is 4.90 Å². The lowest BCUT2D eigenvalue weighted by Crippen LogP contribution is -2.53. The van der Waals surface area contributed by atoms with Crippen molar-refractivity contribution in [1.29, 1.82) is 0 Å². The number of hydrogen-bond acceptors (Lipinski definition) is 4. The van der Waals surface area contributed by atoms with Gasteiger partial charge in [0.2, 0.25) is 5.91 Å². The standard InChI is InChI=1S/C12H22N2O3S/c1-9-6-10(13)8-14(7-9)12(15)11-4-2-3-5-18(11,16)17/h9-11H,2-8,13H2,1H3. The van der Waals surface area contributed by atoms with Gasteiger partial charge in [0.05, 0.1) is 5.75 Å². The first-order valence-electron chi connectivity index (χ1n) is 6.66. The molecule has 104 valence electrons. The smallest absolute Gasteiger partial charge is 0.240 e. The number of carbonyl (C=O) groups is 1. The Morgan fingerprint density at radius 3 is 2.61 bits per heavy atom. The van der Waals surface area contributed by atoms with E-state index in [1.807, 2.05) is 0 Å². The zero-order valence-corrected chi connectivity index (χ0v) is 11.7. The molecule has 0 aliphatic carbocycles. The predicted molar refractivity (Wildman–Crippen MR) is 69.8 cm³/mol. The van der Waals surface area contributed by atoms with Crippen LogP contribution < -0.4 is 5.73 Å². The van der Waals surface area contributed by atoms with Crippen LogP contribution in [0.2, 0.25) is 0 Å². The SMILES string of the molecule is CC1CC(N)CN(C(=O)C2CCCCS2(=O)=O)C1. The summed E-state index contributed by atoms with van der Waals surface area (Å²) >= 11 is 0. The monoisotopic (exact) mass is 274 g/mol. The van der Waals surface area contributed by atoms with Crippen molar-refractivity contribution in [1.82, 2.24) is 4.90 Å². The van der Waals surface area contributed by atoms with E-state index < -0.39 is 15.1 Å². The number of likely N-dealkylation sites (tertiary alicyclic amines) is 1. The summed E-state index contributed by atoms with van der Waals surface area (Å²) < 4.78 is 23.9. The van der Waals surface area contributed by atoms with Crippen LogP contribution in [0.15, 0.2) is 0 Å². The van der Waals surface area contributed by atoms with Crippen molar-refractivity contribution in [2.45, 2.75) is 43.9 Å². The van der Waals surface area contributed by atoms with Gasteiger partial charge in [-0.2, -0.15) is 0 Å². The van der Waals surface area contributed by atoms with Gasteiger partial charge in [0.25, 0.3) is 0 Å². The van der Waals surface area contributed by atoms with Crippen LogP contribution in [-0.2, 0) is 14.6 Å². The first-order chi connectivity index (χ1) is 8.40. The third-order valence-corrected chi connectivity index (χ3v) is 6.02. The highest BCUT2D eigenvalue weighted by Gasteiger charge is 2.39. The van der Waals surface area contributed by atoms with Crippen LogP contribution in [0, 0.1) is 5.92 Å². The lowest BCUT2D eigenvalue weighted by molar-refractivity contribution is -0.133. The Labute approximate surface area is 109 Å². The van der Waals surface area contributed by atoms with E-state index in [9.17, 15) is 13.2 Å². The van der Waals surface area contributed by atoms with Crippen LogP contribution >= 0.6 is 0 Å². The van der Waals surface area contributed by atoms with Crippen molar-refractivity contribution >= 4 is 15.7 Å². The maximum absolute atomic E-state index is 12.4. The summed E-state index contributed by atoms with van der Waals surface area (Å²) in [4.78, 5) is 14.0. The average molecular weight is 274 g/mol. The Morgan fingerprint density at radius 1 is 1.28 bits per heavy atom. The van der Waals surface area contributed by atoms with Gasteiger partial charge < -0.3 is 10.6 Å². The number of nitrogens with zero attached hydrogens (tertiary/aromatic N) is 1. The second-order valence-corrected chi connectivity index (χ2v) is 8.00. The van der Waals surface area contributed by atoms with Gasteiger partial charge in [0.15, 0.2) is 9.84 Å². The quantitative estimate of drug-likeness (QED) is 0.738. The minimum Gasteiger partial charge on any atom is -0.340 e. The molecule has 5 nitrogen and oxygen atoms in total. The van der Waals surface area contributed by atoms with Gasteiger partial charge in [-0.25, -0.2) is 8.42 Å². The number of carbonyl (C=O) groups excluding carboxylic acids is 1. The Balaban J connectivity index is 2.10. The molecule has 0 bridgehead atoms. The maximum atomic E-state index is 12.4. The van der Waals surface area contributed by atoms with Gasteiger partial charge in [-0.15, -0.1) is 0 Å². The number of nitrogens with two attached hydrogens (primary N) is 1. The van der Waals surface area contributed by atoms with Gasteiger partial charge in [0.1, 0.15) is 5.25 Å². The van der Waals surface area contributed by atoms with Crippen LogP contribution in [0.4, 0.5) is 0 Å². The van der Waals surface area contributed by atoms with Crippen LogP contribution in [0.3, 0.4) is 0 Å². The van der Waals surface area contributed by atoms with E-state index in [2.05, 4.69) is 6.92 Å². The third-order valence-electron chi connectivity index (χ3n) is 3.86. The molecule has 2 heterocycles. The Kier molecular flexibility index (Phi) is 3.96. The molecule has 2 rings (SSSR count). The lowest BCUT2D eigenvalue weighted by atomic mass is 9.96. The summed E-state index contributed by atoms with van der Waals surface area (Å²) in [5, 5.41) is -0.816. The number of sulfone groups is 1.